The van der Waals surface area contributed by atoms with Crippen LogP contribution in [0.5, 0.6) is 0 Å². The Morgan fingerprint density at radius 1 is 1.25 bits per heavy atom. The number of carbonyl (C=O) groups excluding carboxylic acids is 1. The largest absolute Gasteiger partial charge is 0.395 e. The third kappa shape index (κ3) is 4.00. The molecule has 1 saturated heterocycles. The van der Waals surface area contributed by atoms with E-state index in [0.29, 0.717) is 6.54 Å². The average Bonchev–Trinajstić information content (AvgIpc) is 2.35. The molecule has 0 atom stereocenters. The van der Waals surface area contributed by atoms with Crippen LogP contribution in [-0.2, 0) is 0 Å². The number of amides is 2. The van der Waals surface area contributed by atoms with Crippen molar-refractivity contribution >= 4 is 6.03 Å². The summed E-state index contributed by atoms with van der Waals surface area (Å²) in [6.07, 6.45) is 5.56. The SMILES string of the molecule is CCCCN(CCO)C(=O)N1CCCCC1. The Morgan fingerprint density at radius 2 is 1.94 bits per heavy atom. The number of piperidine rings is 1. The molecule has 16 heavy (non-hydrogen) atoms. The number of urea groups is 1. The molecule has 0 unspecified atom stereocenters. The second-order valence-electron chi connectivity index (χ2n) is 4.39. The molecule has 0 aromatic rings. The highest BCUT2D eigenvalue weighted by molar-refractivity contribution is 5.74. The molecule has 1 aliphatic heterocycles. The van der Waals surface area contributed by atoms with E-state index in [1.54, 1.807) is 4.90 Å². The van der Waals surface area contributed by atoms with Crippen LogP contribution in [0.2, 0.25) is 0 Å². The van der Waals surface area contributed by atoms with Crippen molar-refractivity contribution in [3.05, 3.63) is 0 Å². The van der Waals surface area contributed by atoms with Gasteiger partial charge >= 0.3 is 6.03 Å². The minimum atomic E-state index is 0.0588. The number of carbonyl (C=O) groups is 1. The first-order chi connectivity index (χ1) is 7.79. The van der Waals surface area contributed by atoms with Gasteiger partial charge in [-0.1, -0.05) is 13.3 Å². The van der Waals surface area contributed by atoms with E-state index in [1.165, 1.54) is 6.42 Å². The minimum Gasteiger partial charge on any atom is -0.395 e. The fraction of sp³-hybridized carbons (Fsp3) is 0.917. The molecule has 1 rings (SSSR count). The number of hydrogen-bond donors (Lipinski definition) is 1. The molecule has 0 bridgehead atoms. The monoisotopic (exact) mass is 228 g/mol. The summed E-state index contributed by atoms with van der Waals surface area (Å²) >= 11 is 0. The van der Waals surface area contributed by atoms with Crippen molar-refractivity contribution in [2.24, 2.45) is 0 Å². The average molecular weight is 228 g/mol. The van der Waals surface area contributed by atoms with Crippen molar-refractivity contribution in [2.45, 2.75) is 39.0 Å². The molecular weight excluding hydrogens is 204 g/mol. The maximum atomic E-state index is 12.1. The molecule has 2 amide bonds. The van der Waals surface area contributed by atoms with Gasteiger partial charge in [-0.25, -0.2) is 4.79 Å². The number of aliphatic hydroxyl groups is 1. The van der Waals surface area contributed by atoms with Crippen LogP contribution in [0.25, 0.3) is 0 Å². The van der Waals surface area contributed by atoms with Crippen molar-refractivity contribution < 1.29 is 9.90 Å². The summed E-state index contributed by atoms with van der Waals surface area (Å²) in [5.41, 5.74) is 0. The second-order valence-corrected chi connectivity index (χ2v) is 4.39. The normalized spacial score (nSPS) is 16.2. The van der Waals surface area contributed by atoms with Crippen LogP contribution >= 0.6 is 0 Å². The quantitative estimate of drug-likeness (QED) is 0.778. The number of unbranched alkanes of at least 4 members (excludes halogenated alkanes) is 1. The lowest BCUT2D eigenvalue weighted by Gasteiger charge is -2.32. The summed E-state index contributed by atoms with van der Waals surface area (Å²) in [5, 5.41) is 8.97. The maximum Gasteiger partial charge on any atom is 0.320 e. The molecule has 1 heterocycles. The van der Waals surface area contributed by atoms with Gasteiger partial charge in [0.1, 0.15) is 0 Å². The Balaban J connectivity index is 2.44. The maximum absolute atomic E-state index is 12.1. The van der Waals surface area contributed by atoms with Gasteiger partial charge < -0.3 is 14.9 Å². The van der Waals surface area contributed by atoms with Gasteiger partial charge in [0.15, 0.2) is 0 Å². The van der Waals surface area contributed by atoms with E-state index in [2.05, 4.69) is 6.92 Å². The Bertz CT molecular complexity index is 203. The van der Waals surface area contributed by atoms with Crippen LogP contribution in [-0.4, -0.2) is 53.7 Å². The van der Waals surface area contributed by atoms with Gasteiger partial charge in [-0.05, 0) is 25.7 Å². The molecule has 94 valence electrons. The van der Waals surface area contributed by atoms with Crippen LogP contribution in [0, 0.1) is 0 Å². The number of hydrogen-bond acceptors (Lipinski definition) is 2. The van der Waals surface area contributed by atoms with Crippen LogP contribution in [0.1, 0.15) is 39.0 Å². The minimum absolute atomic E-state index is 0.0588. The highest BCUT2D eigenvalue weighted by Crippen LogP contribution is 2.11. The Kier molecular flexibility index (Phi) is 6.23. The van der Waals surface area contributed by atoms with E-state index in [0.717, 1.165) is 45.3 Å². The summed E-state index contributed by atoms with van der Waals surface area (Å²) < 4.78 is 0. The van der Waals surface area contributed by atoms with Gasteiger partial charge in [-0.2, -0.15) is 0 Å². The highest BCUT2D eigenvalue weighted by Gasteiger charge is 2.21. The predicted octanol–water partition coefficient (Wildman–Crippen LogP) is 1.69. The molecule has 1 N–H and O–H groups in total. The van der Waals surface area contributed by atoms with E-state index < -0.39 is 0 Å². The summed E-state index contributed by atoms with van der Waals surface area (Å²) in [5.74, 6) is 0. The van der Waals surface area contributed by atoms with Crippen molar-refractivity contribution in [1.29, 1.82) is 0 Å². The van der Waals surface area contributed by atoms with Crippen molar-refractivity contribution in [2.75, 3.05) is 32.8 Å². The zero-order valence-corrected chi connectivity index (χ0v) is 10.3. The van der Waals surface area contributed by atoms with Crippen molar-refractivity contribution in [1.82, 2.24) is 9.80 Å². The fourth-order valence-corrected chi connectivity index (χ4v) is 2.06. The first kappa shape index (κ1) is 13.3. The van der Waals surface area contributed by atoms with Crippen LogP contribution in [0.4, 0.5) is 4.79 Å². The smallest absolute Gasteiger partial charge is 0.320 e. The van der Waals surface area contributed by atoms with Crippen LogP contribution in [0.3, 0.4) is 0 Å². The van der Waals surface area contributed by atoms with Gasteiger partial charge in [0.25, 0.3) is 0 Å². The second kappa shape index (κ2) is 7.49. The topological polar surface area (TPSA) is 43.8 Å². The fourth-order valence-electron chi connectivity index (χ4n) is 2.06. The number of rotatable bonds is 5. The summed E-state index contributed by atoms with van der Waals surface area (Å²) in [6, 6.07) is 0.113. The van der Waals surface area contributed by atoms with Gasteiger partial charge in [-0.3, -0.25) is 0 Å². The highest BCUT2D eigenvalue weighted by atomic mass is 16.3. The molecule has 0 aromatic heterocycles. The van der Waals surface area contributed by atoms with Gasteiger partial charge in [0, 0.05) is 26.2 Å². The standard InChI is InChI=1S/C12H24N2O2/c1-2-3-7-14(10-11-15)12(16)13-8-5-4-6-9-13/h15H,2-11H2,1H3. The lowest BCUT2D eigenvalue weighted by molar-refractivity contribution is 0.131. The Labute approximate surface area is 98.2 Å². The zero-order valence-electron chi connectivity index (χ0n) is 10.3. The molecule has 1 aliphatic rings. The summed E-state index contributed by atoms with van der Waals surface area (Å²) in [6.45, 7) is 5.17. The van der Waals surface area contributed by atoms with E-state index in [4.69, 9.17) is 5.11 Å². The summed E-state index contributed by atoms with van der Waals surface area (Å²) in [4.78, 5) is 15.8. The van der Waals surface area contributed by atoms with Crippen molar-refractivity contribution in [3.8, 4) is 0 Å². The van der Waals surface area contributed by atoms with Gasteiger partial charge in [0.2, 0.25) is 0 Å². The molecular formula is C12H24N2O2. The van der Waals surface area contributed by atoms with E-state index in [1.807, 2.05) is 4.90 Å². The Morgan fingerprint density at radius 3 is 2.50 bits per heavy atom. The molecule has 4 nitrogen and oxygen atoms in total. The lowest BCUT2D eigenvalue weighted by atomic mass is 10.1. The predicted molar refractivity (Wildman–Crippen MR) is 64.4 cm³/mol. The first-order valence-electron chi connectivity index (χ1n) is 6.44. The summed E-state index contributed by atoms with van der Waals surface area (Å²) in [7, 11) is 0. The molecule has 0 aliphatic carbocycles. The zero-order chi connectivity index (χ0) is 11.8. The van der Waals surface area contributed by atoms with Crippen LogP contribution in [0.15, 0.2) is 0 Å². The van der Waals surface area contributed by atoms with Gasteiger partial charge in [0.05, 0.1) is 6.61 Å². The first-order valence-corrected chi connectivity index (χ1v) is 6.44. The molecule has 0 spiro atoms. The number of aliphatic hydroxyl groups excluding tert-OH is 1. The van der Waals surface area contributed by atoms with Gasteiger partial charge in [-0.15, -0.1) is 0 Å². The third-order valence-corrected chi connectivity index (χ3v) is 3.05. The Hall–Kier alpha value is -0.770. The lowest BCUT2D eigenvalue weighted by Crippen LogP contribution is -2.46. The molecule has 0 radical (unpaired) electrons. The number of nitrogens with zero attached hydrogens (tertiary/aromatic N) is 2. The molecule has 4 heteroatoms. The number of likely N-dealkylation sites (tertiary alicyclic amines) is 1. The van der Waals surface area contributed by atoms with E-state index in [-0.39, 0.29) is 12.6 Å². The van der Waals surface area contributed by atoms with Crippen molar-refractivity contribution in [3.63, 3.8) is 0 Å². The van der Waals surface area contributed by atoms with Crippen LogP contribution < -0.4 is 0 Å². The van der Waals surface area contributed by atoms with E-state index in [9.17, 15) is 4.79 Å². The third-order valence-electron chi connectivity index (χ3n) is 3.05. The molecule has 0 saturated carbocycles. The molecule has 1 fully saturated rings. The van der Waals surface area contributed by atoms with E-state index >= 15 is 0 Å². The molecule has 0 aromatic carbocycles.